The molecule has 0 saturated heterocycles. The van der Waals surface area contributed by atoms with E-state index >= 15 is 0 Å². The number of fused-ring (bicyclic) bond motifs is 6. The lowest BCUT2D eigenvalue weighted by molar-refractivity contribution is -0.185. The van der Waals surface area contributed by atoms with Gasteiger partial charge in [0.15, 0.2) is 0 Å². The van der Waals surface area contributed by atoms with Gasteiger partial charge in [0.05, 0.1) is 6.61 Å². The third kappa shape index (κ3) is 2.71. The number of carbonyl (C=O) groups is 1. The van der Waals surface area contributed by atoms with Gasteiger partial charge in [-0.05, 0) is 97.7 Å². The predicted octanol–water partition coefficient (Wildman–Crippen LogP) is 7.49. The van der Waals surface area contributed by atoms with Gasteiger partial charge in [-0.25, -0.2) is 0 Å². The van der Waals surface area contributed by atoms with Crippen LogP contribution in [0.1, 0.15) is 119 Å². The van der Waals surface area contributed by atoms with Crippen LogP contribution in [-0.4, -0.2) is 17.5 Å². The third-order valence-electron chi connectivity index (χ3n) is 12.7. The summed E-state index contributed by atoms with van der Waals surface area (Å²) in [5.74, 6) is 1.73. The van der Waals surface area contributed by atoms with Crippen LogP contribution in [0.3, 0.4) is 0 Å². The Morgan fingerprint density at radius 2 is 1.47 bits per heavy atom. The summed E-state index contributed by atoms with van der Waals surface area (Å²) in [5, 5.41) is 10.6. The third-order valence-corrected chi connectivity index (χ3v) is 12.7. The highest BCUT2D eigenvalue weighted by Crippen LogP contribution is 2.75. The Morgan fingerprint density at radius 3 is 2.16 bits per heavy atom. The number of aliphatic hydroxyl groups is 1. The summed E-state index contributed by atoms with van der Waals surface area (Å²) in [5.41, 5.74) is 4.52. The number of allylic oxidation sites excluding steroid dienone is 1. The van der Waals surface area contributed by atoms with Gasteiger partial charge < -0.3 is 5.11 Å². The zero-order chi connectivity index (χ0) is 23.4. The largest absolute Gasteiger partial charge is 0.395 e. The highest BCUT2D eigenvalue weighted by Gasteiger charge is 2.67. The van der Waals surface area contributed by atoms with Crippen molar-refractivity contribution < 1.29 is 9.90 Å². The van der Waals surface area contributed by atoms with Crippen molar-refractivity contribution in [3.63, 3.8) is 0 Å². The summed E-state index contributed by atoms with van der Waals surface area (Å²) >= 11 is 0. The quantitative estimate of drug-likeness (QED) is 0.429. The van der Waals surface area contributed by atoms with Gasteiger partial charge in [0.25, 0.3) is 0 Å². The maximum absolute atomic E-state index is 12.9. The van der Waals surface area contributed by atoms with Gasteiger partial charge >= 0.3 is 0 Å². The SMILES string of the molecule is CC1(C)CCC2(CO)CCC3(C)C(=C2C1)CCC1C2(C)CCC(=O)C(C)(C)C2CCC13C. The first-order valence-electron chi connectivity index (χ1n) is 13.6. The predicted molar refractivity (Wildman–Crippen MR) is 131 cm³/mol. The molecule has 0 aliphatic heterocycles. The normalized spacial score (nSPS) is 49.6. The van der Waals surface area contributed by atoms with Gasteiger partial charge in [-0.3, -0.25) is 4.79 Å². The van der Waals surface area contributed by atoms with E-state index in [0.717, 1.165) is 12.8 Å². The zero-order valence-electron chi connectivity index (χ0n) is 22.0. The topological polar surface area (TPSA) is 37.3 Å². The fourth-order valence-electron chi connectivity index (χ4n) is 10.4. The van der Waals surface area contributed by atoms with Crippen LogP contribution in [0.15, 0.2) is 11.1 Å². The van der Waals surface area contributed by atoms with E-state index in [1.807, 2.05) is 0 Å². The Labute approximate surface area is 197 Å². The molecule has 0 aromatic heterocycles. The lowest BCUT2D eigenvalue weighted by atomic mass is 9.34. The van der Waals surface area contributed by atoms with Crippen LogP contribution in [0.2, 0.25) is 0 Å². The minimum absolute atomic E-state index is 0.0634. The smallest absolute Gasteiger partial charge is 0.138 e. The summed E-state index contributed by atoms with van der Waals surface area (Å²) in [6.45, 7) is 17.5. The molecule has 5 rings (SSSR count). The van der Waals surface area contributed by atoms with Crippen molar-refractivity contribution in [2.24, 2.45) is 44.3 Å². The van der Waals surface area contributed by atoms with Crippen molar-refractivity contribution in [3.8, 4) is 0 Å². The van der Waals surface area contributed by atoms with Crippen molar-refractivity contribution in [3.05, 3.63) is 11.1 Å². The lowest BCUT2D eigenvalue weighted by Crippen LogP contribution is -2.63. The molecule has 4 saturated carbocycles. The minimum Gasteiger partial charge on any atom is -0.395 e. The van der Waals surface area contributed by atoms with Crippen LogP contribution >= 0.6 is 0 Å². The molecule has 0 aromatic rings. The van der Waals surface area contributed by atoms with E-state index in [1.165, 1.54) is 57.8 Å². The molecule has 6 atom stereocenters. The van der Waals surface area contributed by atoms with Gasteiger partial charge in [-0.15, -0.1) is 0 Å². The number of Topliss-reactive ketones (excluding diaryl/α,β-unsaturated/α-hetero) is 1. The van der Waals surface area contributed by atoms with Crippen LogP contribution in [0.5, 0.6) is 0 Å². The zero-order valence-corrected chi connectivity index (χ0v) is 22.0. The van der Waals surface area contributed by atoms with E-state index in [9.17, 15) is 9.90 Å². The molecule has 0 heterocycles. The average molecular weight is 441 g/mol. The first-order chi connectivity index (χ1) is 14.8. The molecule has 0 spiro atoms. The van der Waals surface area contributed by atoms with Crippen LogP contribution in [0.25, 0.3) is 0 Å². The van der Waals surface area contributed by atoms with Crippen molar-refractivity contribution in [1.82, 2.24) is 0 Å². The molecule has 5 aliphatic carbocycles. The standard InChI is InChI=1S/C30H48O2/c1-25(2)14-16-30(19-31)17-15-28(6)20(21(30)18-25)8-9-23-27(5)12-11-24(32)26(3,4)22(27)10-13-29(23,28)7/h22-23,31H,8-19H2,1-7H3. The average Bonchev–Trinajstić information content (AvgIpc) is 2.71. The van der Waals surface area contributed by atoms with Gasteiger partial charge in [0.1, 0.15) is 5.78 Å². The molecular formula is C30H48O2. The first-order valence-corrected chi connectivity index (χ1v) is 13.6. The fourth-order valence-corrected chi connectivity index (χ4v) is 10.4. The summed E-state index contributed by atoms with van der Waals surface area (Å²) in [6.07, 6.45) is 12.8. The molecule has 0 bridgehead atoms. The number of aliphatic hydroxyl groups excluding tert-OH is 1. The molecule has 0 radical (unpaired) electrons. The van der Waals surface area contributed by atoms with Crippen molar-refractivity contribution in [2.45, 2.75) is 119 Å². The molecule has 32 heavy (non-hydrogen) atoms. The lowest BCUT2D eigenvalue weighted by Gasteiger charge is -2.70. The molecular weight excluding hydrogens is 392 g/mol. The first kappa shape index (κ1) is 23.1. The molecule has 2 nitrogen and oxygen atoms in total. The summed E-state index contributed by atoms with van der Waals surface area (Å²) in [4.78, 5) is 12.9. The van der Waals surface area contributed by atoms with Crippen LogP contribution in [0.4, 0.5) is 0 Å². The van der Waals surface area contributed by atoms with Gasteiger partial charge in [-0.1, -0.05) is 59.6 Å². The van der Waals surface area contributed by atoms with Gasteiger partial charge in [0.2, 0.25) is 0 Å². The minimum atomic E-state index is -0.167. The Kier molecular flexibility index (Phi) is 4.87. The van der Waals surface area contributed by atoms with Crippen molar-refractivity contribution >= 4 is 5.78 Å². The Balaban J connectivity index is 1.61. The molecule has 6 unspecified atom stereocenters. The summed E-state index contributed by atoms with van der Waals surface area (Å²) < 4.78 is 0. The Bertz CT molecular complexity index is 864. The highest BCUT2D eigenvalue weighted by molar-refractivity contribution is 5.85. The van der Waals surface area contributed by atoms with Crippen molar-refractivity contribution in [1.29, 1.82) is 0 Å². The fraction of sp³-hybridized carbons (Fsp3) is 0.900. The van der Waals surface area contributed by atoms with E-state index in [4.69, 9.17) is 0 Å². The molecule has 5 aliphatic rings. The van der Waals surface area contributed by atoms with E-state index in [1.54, 1.807) is 11.1 Å². The molecule has 180 valence electrons. The Hall–Kier alpha value is -0.630. The molecule has 2 heteroatoms. The van der Waals surface area contributed by atoms with E-state index in [-0.39, 0.29) is 21.7 Å². The van der Waals surface area contributed by atoms with Crippen LogP contribution < -0.4 is 0 Å². The second-order valence-corrected chi connectivity index (χ2v) is 14.8. The second kappa shape index (κ2) is 6.73. The van der Waals surface area contributed by atoms with E-state index in [0.29, 0.717) is 35.1 Å². The number of rotatable bonds is 1. The summed E-state index contributed by atoms with van der Waals surface area (Å²) in [6, 6.07) is 0. The van der Waals surface area contributed by atoms with E-state index in [2.05, 4.69) is 48.5 Å². The maximum atomic E-state index is 12.9. The number of carbonyl (C=O) groups excluding carboxylic acids is 1. The molecule has 0 aromatic carbocycles. The van der Waals surface area contributed by atoms with Crippen LogP contribution in [0, 0.1) is 44.3 Å². The Morgan fingerprint density at radius 1 is 0.781 bits per heavy atom. The van der Waals surface area contributed by atoms with Crippen molar-refractivity contribution in [2.75, 3.05) is 6.61 Å². The van der Waals surface area contributed by atoms with Gasteiger partial charge in [0, 0.05) is 17.3 Å². The molecule has 0 amide bonds. The monoisotopic (exact) mass is 440 g/mol. The second-order valence-electron chi connectivity index (χ2n) is 14.8. The number of hydrogen-bond donors (Lipinski definition) is 1. The number of hydrogen-bond acceptors (Lipinski definition) is 2. The van der Waals surface area contributed by atoms with Gasteiger partial charge in [-0.2, -0.15) is 0 Å². The molecule has 4 fully saturated rings. The molecule has 1 N–H and O–H groups in total. The van der Waals surface area contributed by atoms with E-state index < -0.39 is 0 Å². The number of ketones is 1. The summed E-state index contributed by atoms with van der Waals surface area (Å²) in [7, 11) is 0. The van der Waals surface area contributed by atoms with Crippen LogP contribution in [-0.2, 0) is 4.79 Å². The highest BCUT2D eigenvalue weighted by atomic mass is 16.3. The maximum Gasteiger partial charge on any atom is 0.138 e.